The van der Waals surface area contributed by atoms with Crippen LogP contribution in [0.1, 0.15) is 29.8 Å². The number of nitrogens with one attached hydrogen (secondary N) is 1. The number of hydrogen-bond acceptors (Lipinski definition) is 4. The Morgan fingerprint density at radius 3 is 2.87 bits per heavy atom. The standard InChI is InChI=1S/C15H18ClN3O3S/c1-23(21,22)11-3-2-7-19(8-6-11)15(20)14-12-9-10(16)4-5-13(12)17-18-14/h4-5,9,11H,2-3,6-8H2,1H3,(H,17,18). The Hall–Kier alpha value is -1.60. The van der Waals surface area contributed by atoms with Gasteiger partial charge in [0.05, 0.1) is 10.8 Å². The van der Waals surface area contributed by atoms with Gasteiger partial charge in [0.25, 0.3) is 5.91 Å². The summed E-state index contributed by atoms with van der Waals surface area (Å²) in [6.45, 7) is 0.964. The number of amides is 1. The Kier molecular flexibility index (Phi) is 4.33. The zero-order valence-corrected chi connectivity index (χ0v) is 14.3. The molecule has 1 saturated heterocycles. The van der Waals surface area contributed by atoms with Crippen LogP contribution >= 0.6 is 11.6 Å². The second-order valence-corrected chi connectivity index (χ2v) is 8.70. The minimum atomic E-state index is -3.07. The first kappa shape index (κ1) is 16.3. The first-order valence-electron chi connectivity index (χ1n) is 7.48. The zero-order valence-electron chi connectivity index (χ0n) is 12.8. The first-order valence-corrected chi connectivity index (χ1v) is 9.81. The molecule has 0 spiro atoms. The van der Waals surface area contributed by atoms with Crippen molar-refractivity contribution in [3.63, 3.8) is 0 Å². The highest BCUT2D eigenvalue weighted by molar-refractivity contribution is 7.91. The van der Waals surface area contributed by atoms with E-state index in [-0.39, 0.29) is 11.2 Å². The van der Waals surface area contributed by atoms with Crippen LogP contribution in [0.25, 0.3) is 10.9 Å². The van der Waals surface area contributed by atoms with Crippen LogP contribution < -0.4 is 0 Å². The number of benzene rings is 1. The molecule has 1 aliphatic heterocycles. The third-order valence-electron chi connectivity index (χ3n) is 4.30. The van der Waals surface area contributed by atoms with E-state index in [2.05, 4.69) is 10.2 Å². The van der Waals surface area contributed by atoms with Crippen molar-refractivity contribution in [2.24, 2.45) is 0 Å². The molecule has 23 heavy (non-hydrogen) atoms. The highest BCUT2D eigenvalue weighted by atomic mass is 35.5. The highest BCUT2D eigenvalue weighted by Gasteiger charge is 2.28. The van der Waals surface area contributed by atoms with Crippen LogP contribution in [0.5, 0.6) is 0 Å². The van der Waals surface area contributed by atoms with E-state index in [1.54, 1.807) is 23.1 Å². The lowest BCUT2D eigenvalue weighted by Gasteiger charge is -2.19. The molecule has 1 aromatic heterocycles. The minimum Gasteiger partial charge on any atom is -0.337 e. The zero-order chi connectivity index (χ0) is 16.6. The summed E-state index contributed by atoms with van der Waals surface area (Å²) in [5, 5.41) is 7.81. The first-order chi connectivity index (χ1) is 10.9. The van der Waals surface area contributed by atoms with Crippen LogP contribution in [0.4, 0.5) is 0 Å². The number of hydrogen-bond donors (Lipinski definition) is 1. The van der Waals surface area contributed by atoms with Crippen molar-refractivity contribution in [2.45, 2.75) is 24.5 Å². The maximum atomic E-state index is 12.7. The van der Waals surface area contributed by atoms with Crippen LogP contribution in [0.15, 0.2) is 18.2 Å². The number of aromatic amines is 1. The fraction of sp³-hybridized carbons (Fsp3) is 0.467. The molecular weight excluding hydrogens is 338 g/mol. The van der Waals surface area contributed by atoms with Gasteiger partial charge >= 0.3 is 0 Å². The Morgan fingerprint density at radius 2 is 2.13 bits per heavy atom. The van der Waals surface area contributed by atoms with E-state index < -0.39 is 9.84 Å². The topological polar surface area (TPSA) is 83.1 Å². The van der Waals surface area contributed by atoms with Crippen molar-refractivity contribution < 1.29 is 13.2 Å². The lowest BCUT2D eigenvalue weighted by molar-refractivity contribution is 0.0757. The van der Waals surface area contributed by atoms with Crippen molar-refractivity contribution in [1.29, 1.82) is 0 Å². The van der Waals surface area contributed by atoms with Crippen molar-refractivity contribution in [2.75, 3.05) is 19.3 Å². The maximum absolute atomic E-state index is 12.7. The molecule has 124 valence electrons. The normalized spacial score (nSPS) is 19.7. The molecule has 2 heterocycles. The molecule has 0 aliphatic carbocycles. The fourth-order valence-corrected chi connectivity index (χ4v) is 4.30. The average Bonchev–Trinajstić information content (AvgIpc) is 2.72. The van der Waals surface area contributed by atoms with Gasteiger partial charge in [-0.2, -0.15) is 5.10 Å². The molecule has 0 bridgehead atoms. The van der Waals surface area contributed by atoms with E-state index in [4.69, 9.17) is 11.6 Å². The predicted molar refractivity (Wildman–Crippen MR) is 89.5 cm³/mol. The van der Waals surface area contributed by atoms with Crippen LogP contribution in [0.3, 0.4) is 0 Å². The number of sulfone groups is 1. The van der Waals surface area contributed by atoms with Crippen molar-refractivity contribution >= 4 is 38.2 Å². The monoisotopic (exact) mass is 355 g/mol. The van der Waals surface area contributed by atoms with Crippen molar-refractivity contribution in [3.8, 4) is 0 Å². The number of aromatic nitrogens is 2. The van der Waals surface area contributed by atoms with E-state index in [0.29, 0.717) is 48.5 Å². The molecule has 6 nitrogen and oxygen atoms in total. The summed E-state index contributed by atoms with van der Waals surface area (Å²) < 4.78 is 23.4. The van der Waals surface area contributed by atoms with E-state index in [0.717, 1.165) is 5.52 Å². The molecule has 3 rings (SSSR count). The Labute approximate surface area is 139 Å². The average molecular weight is 356 g/mol. The SMILES string of the molecule is CS(=O)(=O)C1CCCN(C(=O)c2n[nH]c3ccc(Cl)cc23)CC1. The van der Waals surface area contributed by atoms with Crippen LogP contribution in [0.2, 0.25) is 5.02 Å². The number of halogens is 1. The van der Waals surface area contributed by atoms with Crippen LogP contribution in [-0.2, 0) is 9.84 Å². The molecule has 2 aromatic rings. The summed E-state index contributed by atoms with van der Waals surface area (Å²) in [5.41, 5.74) is 1.09. The molecule has 1 aliphatic rings. The number of H-pyrrole nitrogens is 1. The number of rotatable bonds is 2. The maximum Gasteiger partial charge on any atom is 0.274 e. The molecule has 1 aromatic carbocycles. The summed E-state index contributed by atoms with van der Waals surface area (Å²) >= 11 is 6.00. The van der Waals surface area contributed by atoms with Crippen LogP contribution in [-0.4, -0.2) is 54.0 Å². The third-order valence-corrected chi connectivity index (χ3v) is 6.21. The van der Waals surface area contributed by atoms with Gasteiger partial charge in [-0.05, 0) is 37.5 Å². The van der Waals surface area contributed by atoms with Crippen molar-refractivity contribution in [1.82, 2.24) is 15.1 Å². The summed E-state index contributed by atoms with van der Waals surface area (Å²) in [7, 11) is -3.07. The molecular formula is C15H18ClN3O3S. The summed E-state index contributed by atoms with van der Waals surface area (Å²) in [6, 6.07) is 5.23. The number of carbonyl (C=O) groups is 1. The molecule has 1 amide bonds. The van der Waals surface area contributed by atoms with Crippen molar-refractivity contribution in [3.05, 3.63) is 28.9 Å². The number of nitrogens with zero attached hydrogens (tertiary/aromatic N) is 2. The van der Waals surface area contributed by atoms with Crippen LogP contribution in [0, 0.1) is 0 Å². The van der Waals surface area contributed by atoms with Gasteiger partial charge in [-0.1, -0.05) is 11.6 Å². The molecule has 8 heteroatoms. The van der Waals surface area contributed by atoms with Gasteiger partial charge < -0.3 is 4.90 Å². The van der Waals surface area contributed by atoms with E-state index in [1.165, 1.54) is 6.26 Å². The molecule has 0 radical (unpaired) electrons. The van der Waals surface area contributed by atoms with Gasteiger partial charge in [-0.15, -0.1) is 0 Å². The van der Waals surface area contributed by atoms with Gasteiger partial charge in [-0.25, -0.2) is 8.42 Å². The lowest BCUT2D eigenvalue weighted by atomic mass is 10.2. The Balaban J connectivity index is 1.84. The second kappa shape index (κ2) is 6.13. The molecule has 1 fully saturated rings. The van der Waals surface area contributed by atoms with E-state index >= 15 is 0 Å². The molecule has 1 atom stereocenters. The number of fused-ring (bicyclic) bond motifs is 1. The lowest BCUT2D eigenvalue weighted by Crippen LogP contribution is -2.33. The molecule has 1 N–H and O–H groups in total. The van der Waals surface area contributed by atoms with E-state index in [1.807, 2.05) is 0 Å². The summed E-state index contributed by atoms with van der Waals surface area (Å²) in [5.74, 6) is -0.187. The molecule has 0 saturated carbocycles. The van der Waals surface area contributed by atoms with Gasteiger partial charge in [0, 0.05) is 29.8 Å². The van der Waals surface area contributed by atoms with E-state index in [9.17, 15) is 13.2 Å². The van der Waals surface area contributed by atoms with Gasteiger partial charge in [-0.3, -0.25) is 9.89 Å². The minimum absolute atomic E-state index is 0.187. The second-order valence-electron chi connectivity index (χ2n) is 5.94. The smallest absolute Gasteiger partial charge is 0.274 e. The quantitative estimate of drug-likeness (QED) is 0.895. The number of carbonyl (C=O) groups excluding carboxylic acids is 1. The Bertz CT molecular complexity index is 847. The summed E-state index contributed by atoms with van der Waals surface area (Å²) in [6.07, 6.45) is 2.99. The van der Waals surface area contributed by atoms with Gasteiger partial charge in [0.2, 0.25) is 0 Å². The van der Waals surface area contributed by atoms with Gasteiger partial charge in [0.15, 0.2) is 5.69 Å². The predicted octanol–water partition coefficient (Wildman–Crippen LogP) is 2.26. The highest BCUT2D eigenvalue weighted by Crippen LogP contribution is 2.23. The molecule has 1 unspecified atom stereocenters. The fourth-order valence-electron chi connectivity index (χ4n) is 3.00. The van der Waals surface area contributed by atoms with Gasteiger partial charge in [0.1, 0.15) is 9.84 Å². The number of likely N-dealkylation sites (tertiary alicyclic amines) is 1. The largest absolute Gasteiger partial charge is 0.337 e. The summed E-state index contributed by atoms with van der Waals surface area (Å²) in [4.78, 5) is 14.4. The Morgan fingerprint density at radius 1 is 1.35 bits per heavy atom. The third kappa shape index (κ3) is 3.35.